The highest BCUT2D eigenvalue weighted by Crippen LogP contribution is 2.20. The van der Waals surface area contributed by atoms with Crippen LogP contribution in [0.1, 0.15) is 24.1 Å². The van der Waals surface area contributed by atoms with Crippen LogP contribution in [-0.2, 0) is 6.42 Å². The van der Waals surface area contributed by atoms with Crippen molar-refractivity contribution in [3.05, 3.63) is 59.7 Å². The van der Waals surface area contributed by atoms with E-state index in [4.69, 9.17) is 10.5 Å². The zero-order valence-corrected chi connectivity index (χ0v) is 10.8. The number of nitrogens with two attached hydrogens (primary N) is 1. The second-order valence-corrected chi connectivity index (χ2v) is 4.43. The Morgan fingerprint density at radius 1 is 1.26 bits per heavy atom. The van der Waals surface area contributed by atoms with E-state index in [1.54, 1.807) is 31.5 Å². The number of aromatic nitrogens is 1. The Hall–Kier alpha value is -1.94. The van der Waals surface area contributed by atoms with E-state index in [1.807, 2.05) is 12.1 Å². The van der Waals surface area contributed by atoms with E-state index < -0.39 is 0 Å². The number of rotatable bonds is 5. The van der Waals surface area contributed by atoms with Crippen molar-refractivity contribution in [3.8, 4) is 5.75 Å². The van der Waals surface area contributed by atoms with E-state index in [2.05, 4.69) is 4.98 Å². The van der Waals surface area contributed by atoms with Crippen LogP contribution in [0.2, 0.25) is 0 Å². The summed E-state index contributed by atoms with van der Waals surface area (Å²) in [6.45, 7) is 2.25. The Bertz CT molecular complexity index is 529. The Balaban J connectivity index is 1.92. The van der Waals surface area contributed by atoms with Gasteiger partial charge in [-0.15, -0.1) is 0 Å². The lowest BCUT2D eigenvalue weighted by Crippen LogP contribution is -2.08. The predicted octanol–water partition coefficient (Wildman–Crippen LogP) is 2.86. The van der Waals surface area contributed by atoms with Gasteiger partial charge in [0.05, 0.1) is 6.61 Å². The van der Waals surface area contributed by atoms with Gasteiger partial charge in [-0.1, -0.05) is 6.07 Å². The molecule has 0 radical (unpaired) electrons. The Morgan fingerprint density at radius 2 is 2.00 bits per heavy atom. The molecule has 2 N–H and O–H groups in total. The summed E-state index contributed by atoms with van der Waals surface area (Å²) in [5, 5.41) is 0. The smallest absolute Gasteiger partial charge is 0.131 e. The summed E-state index contributed by atoms with van der Waals surface area (Å²) in [5.74, 6) is 0.201. The molecule has 0 fully saturated rings. The summed E-state index contributed by atoms with van der Waals surface area (Å²) >= 11 is 0. The van der Waals surface area contributed by atoms with E-state index in [1.165, 1.54) is 6.07 Å². The molecule has 4 heteroatoms. The molecular weight excluding hydrogens is 243 g/mol. The third-order valence-corrected chi connectivity index (χ3v) is 2.87. The maximum Gasteiger partial charge on any atom is 0.131 e. The quantitative estimate of drug-likeness (QED) is 0.899. The van der Waals surface area contributed by atoms with Gasteiger partial charge < -0.3 is 10.5 Å². The molecule has 0 saturated carbocycles. The zero-order chi connectivity index (χ0) is 13.7. The fraction of sp³-hybridized carbons (Fsp3) is 0.267. The molecule has 3 nitrogen and oxygen atoms in total. The lowest BCUT2D eigenvalue weighted by Gasteiger charge is -2.10. The second-order valence-electron chi connectivity index (χ2n) is 4.43. The fourth-order valence-corrected chi connectivity index (χ4v) is 1.80. The molecule has 1 unspecified atom stereocenters. The van der Waals surface area contributed by atoms with Crippen LogP contribution in [0, 0.1) is 5.82 Å². The minimum absolute atomic E-state index is 0.314. The van der Waals surface area contributed by atoms with Crippen molar-refractivity contribution < 1.29 is 9.13 Å². The van der Waals surface area contributed by atoms with E-state index in [0.717, 1.165) is 12.0 Å². The van der Waals surface area contributed by atoms with Crippen LogP contribution in [0.15, 0.2) is 42.7 Å². The lowest BCUT2D eigenvalue weighted by molar-refractivity contribution is 0.320. The molecule has 0 saturated heterocycles. The van der Waals surface area contributed by atoms with E-state index in [-0.39, 0.29) is 11.9 Å². The fourth-order valence-electron chi connectivity index (χ4n) is 1.80. The standard InChI is InChI=1S/C15H17FN2O/c1-11(17)14-3-2-13(10-15(14)16)19-9-6-12-4-7-18-8-5-12/h2-5,7-8,10-11H,6,9,17H2,1H3. The first-order valence-corrected chi connectivity index (χ1v) is 6.23. The molecule has 0 spiro atoms. The number of hydrogen-bond donors (Lipinski definition) is 1. The van der Waals surface area contributed by atoms with Gasteiger partial charge in [-0.3, -0.25) is 4.98 Å². The molecule has 1 heterocycles. The van der Waals surface area contributed by atoms with Gasteiger partial charge >= 0.3 is 0 Å². The Kier molecular flexibility index (Phi) is 4.47. The van der Waals surface area contributed by atoms with Gasteiger partial charge in [-0.2, -0.15) is 0 Å². The van der Waals surface area contributed by atoms with Gasteiger partial charge in [0.2, 0.25) is 0 Å². The third kappa shape index (κ3) is 3.76. The first kappa shape index (κ1) is 13.5. The zero-order valence-electron chi connectivity index (χ0n) is 10.8. The molecule has 0 amide bonds. The Labute approximate surface area is 112 Å². The highest BCUT2D eigenvalue weighted by Gasteiger charge is 2.07. The van der Waals surface area contributed by atoms with Crippen molar-refractivity contribution in [2.45, 2.75) is 19.4 Å². The van der Waals surface area contributed by atoms with Gasteiger partial charge in [0.25, 0.3) is 0 Å². The number of hydrogen-bond acceptors (Lipinski definition) is 3. The van der Waals surface area contributed by atoms with Gasteiger partial charge in [-0.25, -0.2) is 4.39 Å². The minimum Gasteiger partial charge on any atom is -0.493 e. The predicted molar refractivity (Wildman–Crippen MR) is 72.4 cm³/mol. The minimum atomic E-state index is -0.323. The molecule has 100 valence electrons. The lowest BCUT2D eigenvalue weighted by atomic mass is 10.1. The molecule has 1 atom stereocenters. The molecule has 0 aliphatic carbocycles. The average molecular weight is 260 g/mol. The molecule has 2 rings (SSSR count). The summed E-state index contributed by atoms with van der Waals surface area (Å²) in [6, 6.07) is 8.35. The number of pyridine rings is 1. The molecular formula is C15H17FN2O. The van der Waals surface area contributed by atoms with Crippen LogP contribution in [-0.4, -0.2) is 11.6 Å². The molecule has 19 heavy (non-hydrogen) atoms. The van der Waals surface area contributed by atoms with Gasteiger partial charge in [-0.05, 0) is 30.7 Å². The summed E-state index contributed by atoms with van der Waals surface area (Å²) < 4.78 is 19.2. The SMILES string of the molecule is CC(N)c1ccc(OCCc2ccncc2)cc1F. The van der Waals surface area contributed by atoms with Crippen LogP contribution in [0.25, 0.3) is 0 Å². The van der Waals surface area contributed by atoms with Gasteiger partial charge in [0.1, 0.15) is 11.6 Å². The van der Waals surface area contributed by atoms with Crippen molar-refractivity contribution in [1.29, 1.82) is 0 Å². The summed E-state index contributed by atoms with van der Waals surface area (Å²) in [6.07, 6.45) is 4.25. The van der Waals surface area contributed by atoms with Crippen LogP contribution < -0.4 is 10.5 Å². The second kappa shape index (κ2) is 6.29. The number of benzene rings is 1. The van der Waals surface area contributed by atoms with Crippen LogP contribution in [0.5, 0.6) is 5.75 Å². The van der Waals surface area contributed by atoms with Crippen molar-refractivity contribution in [1.82, 2.24) is 4.98 Å². The van der Waals surface area contributed by atoms with Crippen LogP contribution in [0.4, 0.5) is 4.39 Å². The summed E-state index contributed by atoms with van der Waals surface area (Å²) in [4.78, 5) is 3.95. The van der Waals surface area contributed by atoms with Crippen molar-refractivity contribution in [2.24, 2.45) is 5.73 Å². The highest BCUT2D eigenvalue weighted by atomic mass is 19.1. The maximum absolute atomic E-state index is 13.7. The average Bonchev–Trinajstić information content (AvgIpc) is 2.39. The number of nitrogens with zero attached hydrogens (tertiary/aromatic N) is 1. The molecule has 2 aromatic rings. The summed E-state index contributed by atoms with van der Waals surface area (Å²) in [7, 11) is 0. The topological polar surface area (TPSA) is 48.1 Å². The maximum atomic E-state index is 13.7. The first-order chi connectivity index (χ1) is 9.16. The van der Waals surface area contributed by atoms with E-state index in [9.17, 15) is 4.39 Å². The first-order valence-electron chi connectivity index (χ1n) is 6.23. The van der Waals surface area contributed by atoms with Crippen molar-refractivity contribution in [3.63, 3.8) is 0 Å². The molecule has 1 aromatic heterocycles. The number of halogens is 1. The Morgan fingerprint density at radius 3 is 2.63 bits per heavy atom. The van der Waals surface area contributed by atoms with Crippen LogP contribution >= 0.6 is 0 Å². The summed E-state index contributed by atoms with van der Waals surface area (Å²) in [5.41, 5.74) is 7.30. The highest BCUT2D eigenvalue weighted by molar-refractivity contribution is 5.30. The van der Waals surface area contributed by atoms with E-state index in [0.29, 0.717) is 17.9 Å². The van der Waals surface area contributed by atoms with Crippen molar-refractivity contribution >= 4 is 0 Å². The van der Waals surface area contributed by atoms with Crippen LogP contribution in [0.3, 0.4) is 0 Å². The molecule has 0 aliphatic heterocycles. The van der Waals surface area contributed by atoms with E-state index >= 15 is 0 Å². The normalized spacial score (nSPS) is 12.2. The molecule has 0 aliphatic rings. The van der Waals surface area contributed by atoms with Gasteiger partial charge in [0, 0.05) is 36.5 Å². The number of ether oxygens (including phenoxy) is 1. The third-order valence-electron chi connectivity index (χ3n) is 2.87. The molecule has 1 aromatic carbocycles. The largest absolute Gasteiger partial charge is 0.493 e. The monoisotopic (exact) mass is 260 g/mol. The molecule has 0 bridgehead atoms. The van der Waals surface area contributed by atoms with Crippen molar-refractivity contribution in [2.75, 3.05) is 6.61 Å². The van der Waals surface area contributed by atoms with Gasteiger partial charge in [0.15, 0.2) is 0 Å².